The molecule has 5 nitrogen and oxygen atoms in total. The van der Waals surface area contributed by atoms with Gasteiger partial charge in [-0.15, -0.1) is 6.58 Å². The molecule has 0 spiro atoms. The van der Waals surface area contributed by atoms with Crippen LogP contribution in [0.1, 0.15) is 19.3 Å². The molecule has 0 fully saturated rings. The second kappa shape index (κ2) is 9.80. The summed E-state index contributed by atoms with van der Waals surface area (Å²) in [6, 6.07) is 6.04. The highest BCUT2D eigenvalue weighted by molar-refractivity contribution is 6.11. The third-order valence-electron chi connectivity index (χ3n) is 4.90. The van der Waals surface area contributed by atoms with Gasteiger partial charge in [0, 0.05) is 18.7 Å². The summed E-state index contributed by atoms with van der Waals surface area (Å²) in [4.78, 5) is 8.74. The van der Waals surface area contributed by atoms with Crippen LogP contribution in [-0.4, -0.2) is 25.5 Å². The molecule has 1 unspecified atom stereocenters. The number of nitrogens with zero attached hydrogens (tertiary/aromatic N) is 2. The minimum Gasteiger partial charge on any atom is -0.404 e. The second-order valence-electron chi connectivity index (χ2n) is 6.72. The van der Waals surface area contributed by atoms with Gasteiger partial charge in [0.15, 0.2) is 0 Å². The summed E-state index contributed by atoms with van der Waals surface area (Å²) in [5.74, 6) is -0.300. The molecule has 1 atom stereocenters. The van der Waals surface area contributed by atoms with Crippen molar-refractivity contribution in [3.63, 3.8) is 0 Å². The molecule has 0 radical (unpaired) electrons. The zero-order valence-corrected chi connectivity index (χ0v) is 16.2. The quantitative estimate of drug-likeness (QED) is 0.497. The maximum Gasteiger partial charge on any atom is 0.123 e. The van der Waals surface area contributed by atoms with Crippen molar-refractivity contribution >= 4 is 17.6 Å². The molecule has 148 valence electrons. The molecule has 28 heavy (non-hydrogen) atoms. The van der Waals surface area contributed by atoms with Gasteiger partial charge in [-0.2, -0.15) is 0 Å². The van der Waals surface area contributed by atoms with Crippen LogP contribution in [0.4, 0.5) is 10.1 Å². The topological polar surface area (TPSA) is 103 Å². The Kier molecular flexibility index (Phi) is 7.46. The van der Waals surface area contributed by atoms with Crippen molar-refractivity contribution in [3.05, 3.63) is 77.9 Å². The summed E-state index contributed by atoms with van der Waals surface area (Å²) in [7, 11) is 1.71. The minimum absolute atomic E-state index is 0.300. The van der Waals surface area contributed by atoms with Crippen molar-refractivity contribution in [2.24, 2.45) is 32.6 Å². The van der Waals surface area contributed by atoms with Crippen LogP contribution in [-0.2, 0) is 0 Å². The first-order valence-corrected chi connectivity index (χ1v) is 9.15. The molecule has 0 bridgehead atoms. The van der Waals surface area contributed by atoms with E-state index < -0.39 is 0 Å². The molecule has 0 heterocycles. The van der Waals surface area contributed by atoms with E-state index in [0.717, 1.165) is 22.4 Å². The van der Waals surface area contributed by atoms with E-state index in [1.807, 2.05) is 12.2 Å². The molecule has 1 aromatic rings. The molecule has 1 aliphatic carbocycles. The fraction of sp³-hybridized carbons (Fsp3) is 0.273. The highest BCUT2D eigenvalue weighted by Crippen LogP contribution is 2.46. The predicted molar refractivity (Wildman–Crippen MR) is 116 cm³/mol. The average Bonchev–Trinajstić information content (AvgIpc) is 2.71. The van der Waals surface area contributed by atoms with Crippen molar-refractivity contribution < 1.29 is 4.39 Å². The summed E-state index contributed by atoms with van der Waals surface area (Å²) in [5.41, 5.74) is 21.5. The first-order chi connectivity index (χ1) is 13.5. The van der Waals surface area contributed by atoms with Crippen LogP contribution in [0.3, 0.4) is 0 Å². The summed E-state index contributed by atoms with van der Waals surface area (Å²) in [6.45, 7) is 4.58. The summed E-state index contributed by atoms with van der Waals surface area (Å²) in [6.07, 6.45) is 10.8. The Morgan fingerprint density at radius 1 is 1.29 bits per heavy atom. The van der Waals surface area contributed by atoms with Crippen molar-refractivity contribution in [3.8, 4) is 0 Å². The number of halogens is 1. The first kappa shape index (κ1) is 21.3. The lowest BCUT2D eigenvalue weighted by molar-refractivity contribution is 0.441. The van der Waals surface area contributed by atoms with Gasteiger partial charge in [-0.1, -0.05) is 11.6 Å². The van der Waals surface area contributed by atoms with E-state index in [1.165, 1.54) is 12.1 Å². The lowest BCUT2D eigenvalue weighted by Gasteiger charge is -2.38. The molecule has 6 heteroatoms. The number of nitrogens with two attached hydrogens (primary N) is 3. The zero-order valence-electron chi connectivity index (χ0n) is 16.2. The maximum absolute atomic E-state index is 13.2. The summed E-state index contributed by atoms with van der Waals surface area (Å²) >= 11 is 0. The number of rotatable bonds is 7. The van der Waals surface area contributed by atoms with Crippen LogP contribution in [0.15, 0.2) is 82.1 Å². The van der Waals surface area contributed by atoms with Crippen LogP contribution in [0, 0.1) is 11.2 Å². The van der Waals surface area contributed by atoms with Crippen LogP contribution >= 0.6 is 0 Å². The molecule has 0 amide bonds. The van der Waals surface area contributed by atoms with Crippen LogP contribution < -0.4 is 17.2 Å². The summed E-state index contributed by atoms with van der Waals surface area (Å²) in [5, 5.41) is 0. The van der Waals surface area contributed by atoms with Gasteiger partial charge in [-0.05, 0) is 79.7 Å². The van der Waals surface area contributed by atoms with E-state index in [9.17, 15) is 4.39 Å². The maximum atomic E-state index is 13.2. The average molecular weight is 381 g/mol. The van der Waals surface area contributed by atoms with Gasteiger partial charge in [0.2, 0.25) is 0 Å². The van der Waals surface area contributed by atoms with Crippen LogP contribution in [0.5, 0.6) is 0 Å². The smallest absolute Gasteiger partial charge is 0.123 e. The standard InChI is InChI=1S/C22H28FN5/c1-3-22(11-16(13-25)15-27-2)12-17(14-26)21(10-18(22)8-9-24)28-20-6-4-19(23)5-7-20/h3-7,10,13-15H,1,8-9,11-12,24-26H2,2H3/b16-13-,17-14-,27-15?,28-21?. The lowest BCUT2D eigenvalue weighted by Crippen LogP contribution is -2.31. The van der Waals surface area contributed by atoms with Crippen LogP contribution in [0.2, 0.25) is 0 Å². The van der Waals surface area contributed by atoms with Crippen molar-refractivity contribution in [2.45, 2.75) is 19.3 Å². The Bertz CT molecular complexity index is 846. The Hall–Kier alpha value is -2.99. The normalized spacial score (nSPS) is 23.4. The molecule has 0 saturated carbocycles. The monoisotopic (exact) mass is 381 g/mol. The zero-order chi connectivity index (χ0) is 20.6. The molecular weight excluding hydrogens is 353 g/mol. The SMILES string of the molecule is C=CC1(C/C(C=NC)=C/N)C/C(=C/N)C(=Nc2ccc(F)cc2)C=C1CCN. The van der Waals surface area contributed by atoms with Gasteiger partial charge in [0.1, 0.15) is 5.82 Å². The van der Waals surface area contributed by atoms with Crippen molar-refractivity contribution in [1.29, 1.82) is 0 Å². The molecule has 2 rings (SSSR count). The van der Waals surface area contributed by atoms with Gasteiger partial charge < -0.3 is 17.2 Å². The van der Waals surface area contributed by atoms with Gasteiger partial charge in [-0.25, -0.2) is 9.38 Å². The molecule has 0 aliphatic heterocycles. The van der Waals surface area contributed by atoms with Crippen molar-refractivity contribution in [1.82, 2.24) is 0 Å². The number of hydrogen-bond donors (Lipinski definition) is 3. The fourth-order valence-corrected chi connectivity index (χ4v) is 3.45. The predicted octanol–water partition coefficient (Wildman–Crippen LogP) is 3.53. The number of allylic oxidation sites excluding steroid dienone is 4. The number of hydrogen-bond acceptors (Lipinski definition) is 5. The van der Waals surface area contributed by atoms with E-state index in [1.54, 1.807) is 37.8 Å². The third kappa shape index (κ3) is 4.84. The van der Waals surface area contributed by atoms with Crippen LogP contribution in [0.25, 0.3) is 0 Å². The molecular formula is C22H28FN5. The molecule has 0 saturated heterocycles. The Morgan fingerprint density at radius 3 is 2.54 bits per heavy atom. The molecule has 6 N–H and O–H groups in total. The Labute approximate surface area is 165 Å². The van der Waals surface area contributed by atoms with E-state index in [2.05, 4.69) is 16.6 Å². The van der Waals surface area contributed by atoms with Gasteiger partial charge >= 0.3 is 0 Å². The lowest BCUT2D eigenvalue weighted by atomic mass is 9.66. The number of aliphatic imine (C=N–C) groups is 2. The van der Waals surface area contributed by atoms with E-state index in [4.69, 9.17) is 17.2 Å². The van der Waals surface area contributed by atoms with Gasteiger partial charge in [-0.3, -0.25) is 4.99 Å². The Morgan fingerprint density at radius 2 is 2.00 bits per heavy atom. The Balaban J connectivity index is 2.55. The fourth-order valence-electron chi connectivity index (χ4n) is 3.45. The molecule has 1 aromatic carbocycles. The van der Waals surface area contributed by atoms with Gasteiger partial charge in [0.25, 0.3) is 0 Å². The van der Waals surface area contributed by atoms with Gasteiger partial charge in [0.05, 0.1) is 11.4 Å². The number of benzene rings is 1. The molecule has 0 aromatic heterocycles. The van der Waals surface area contributed by atoms with E-state index >= 15 is 0 Å². The van der Waals surface area contributed by atoms with Crippen molar-refractivity contribution in [2.75, 3.05) is 13.6 Å². The highest BCUT2D eigenvalue weighted by atomic mass is 19.1. The second-order valence-corrected chi connectivity index (χ2v) is 6.72. The largest absolute Gasteiger partial charge is 0.404 e. The first-order valence-electron chi connectivity index (χ1n) is 9.15. The summed E-state index contributed by atoms with van der Waals surface area (Å²) < 4.78 is 13.2. The highest BCUT2D eigenvalue weighted by Gasteiger charge is 2.36. The molecule has 1 aliphatic rings. The minimum atomic E-state index is -0.376. The van der Waals surface area contributed by atoms with E-state index in [0.29, 0.717) is 31.5 Å². The van der Waals surface area contributed by atoms with E-state index in [-0.39, 0.29) is 11.2 Å². The third-order valence-corrected chi connectivity index (χ3v) is 4.90.